The summed E-state index contributed by atoms with van der Waals surface area (Å²) in [5.74, 6) is -0.843. The summed E-state index contributed by atoms with van der Waals surface area (Å²) in [6.45, 7) is 14.6. The molecule has 1 aromatic heterocycles. The first-order valence-electron chi connectivity index (χ1n) is 14.1. The van der Waals surface area contributed by atoms with Gasteiger partial charge in [0, 0.05) is 13.1 Å². The summed E-state index contributed by atoms with van der Waals surface area (Å²) >= 11 is 1.58. The first kappa shape index (κ1) is 33.4. The largest absolute Gasteiger partial charge is 0.444 e. The van der Waals surface area contributed by atoms with Gasteiger partial charge in [-0.15, -0.1) is 11.3 Å². The van der Waals surface area contributed by atoms with Crippen molar-refractivity contribution in [3.63, 3.8) is 0 Å². The fourth-order valence-electron chi connectivity index (χ4n) is 4.81. The van der Waals surface area contributed by atoms with Crippen LogP contribution < -0.4 is 16.0 Å². The van der Waals surface area contributed by atoms with Gasteiger partial charge in [-0.05, 0) is 57.6 Å². The van der Waals surface area contributed by atoms with Crippen LogP contribution in [0.5, 0.6) is 0 Å². The van der Waals surface area contributed by atoms with Gasteiger partial charge in [-0.2, -0.15) is 0 Å². The van der Waals surface area contributed by atoms with Gasteiger partial charge >= 0.3 is 6.09 Å². The minimum atomic E-state index is -1.28. The fraction of sp³-hybridized carbons (Fsp3) is 0.600. The third-order valence-corrected chi connectivity index (χ3v) is 8.02. The minimum absolute atomic E-state index is 0.0658. The third kappa shape index (κ3) is 8.97. The molecule has 0 spiro atoms. The van der Waals surface area contributed by atoms with Gasteiger partial charge in [0.1, 0.15) is 17.9 Å². The van der Waals surface area contributed by atoms with Gasteiger partial charge in [0.05, 0.1) is 34.3 Å². The Balaban J connectivity index is 1.65. The van der Waals surface area contributed by atoms with E-state index in [-0.39, 0.29) is 25.4 Å². The number of benzene rings is 1. The number of likely N-dealkylation sites (tertiary alicyclic amines) is 1. The van der Waals surface area contributed by atoms with Crippen LogP contribution in [0.15, 0.2) is 29.8 Å². The number of hydrogen-bond donors (Lipinski definition) is 5. The number of aliphatic hydroxyl groups is 2. The molecule has 1 saturated heterocycles. The quantitative estimate of drug-likeness (QED) is 0.293. The van der Waals surface area contributed by atoms with Crippen molar-refractivity contribution in [2.24, 2.45) is 5.41 Å². The molecule has 2 heterocycles. The normalized spacial score (nSPS) is 20.0. The molecule has 0 aliphatic carbocycles. The molecule has 3 rings (SSSR count). The summed E-state index contributed by atoms with van der Waals surface area (Å²) < 4.78 is 5.23. The van der Waals surface area contributed by atoms with Gasteiger partial charge in [0.2, 0.25) is 11.8 Å². The molecule has 12 heteroatoms. The molecule has 5 N–H and O–H groups in total. The Bertz CT molecular complexity index is 1240. The van der Waals surface area contributed by atoms with Crippen molar-refractivity contribution in [2.75, 3.05) is 6.54 Å². The van der Waals surface area contributed by atoms with E-state index in [1.54, 1.807) is 32.1 Å². The van der Waals surface area contributed by atoms with Crippen molar-refractivity contribution in [1.29, 1.82) is 0 Å². The van der Waals surface area contributed by atoms with E-state index < -0.39 is 53.5 Å². The zero-order chi connectivity index (χ0) is 31.4. The van der Waals surface area contributed by atoms with Crippen LogP contribution in [0.4, 0.5) is 4.79 Å². The summed E-state index contributed by atoms with van der Waals surface area (Å²) in [7, 11) is 0. The zero-order valence-electron chi connectivity index (χ0n) is 25.7. The van der Waals surface area contributed by atoms with E-state index in [1.807, 2.05) is 57.5 Å². The Morgan fingerprint density at radius 1 is 1.12 bits per heavy atom. The number of nitrogens with one attached hydrogen (secondary N) is 3. The van der Waals surface area contributed by atoms with Crippen LogP contribution in [0.25, 0.3) is 10.4 Å². The number of carbonyl (C=O) groups excluding carboxylic acids is 3. The standard InChI is InChI=1S/C30H45N5O6S/c1-17-23(42-16-32-17)20-11-9-19(10-12-20)14-31-26(38)22-13-21(36)15-35(22)27(39)24(29(3,4)5)34-25(37)18(2)33-28(40)41-30(6,7)8/h9-12,16,18,21-22,24,27,36,39H,13-15H2,1-8H3,(H,31,38)(H,33,40)(H,34,37)/t18-,21+,22-,24+,27?/m0/s1. The van der Waals surface area contributed by atoms with Crippen molar-refractivity contribution >= 4 is 29.2 Å². The van der Waals surface area contributed by atoms with E-state index in [9.17, 15) is 24.6 Å². The minimum Gasteiger partial charge on any atom is -0.444 e. The van der Waals surface area contributed by atoms with Gasteiger partial charge in [-0.3, -0.25) is 14.5 Å². The number of thiazole rings is 1. The molecule has 11 nitrogen and oxygen atoms in total. The molecule has 2 aromatic rings. The van der Waals surface area contributed by atoms with E-state index in [1.165, 1.54) is 11.8 Å². The summed E-state index contributed by atoms with van der Waals surface area (Å²) in [6.07, 6.45) is -2.68. The predicted molar refractivity (Wildman–Crippen MR) is 161 cm³/mol. The Hall–Kier alpha value is -3.06. The number of carbonyl (C=O) groups is 3. The number of ether oxygens (including phenoxy) is 1. The zero-order valence-corrected chi connectivity index (χ0v) is 26.5. The molecule has 42 heavy (non-hydrogen) atoms. The highest BCUT2D eigenvalue weighted by Gasteiger charge is 2.45. The third-order valence-electron chi connectivity index (χ3n) is 7.04. The van der Waals surface area contributed by atoms with Crippen molar-refractivity contribution in [1.82, 2.24) is 25.8 Å². The number of nitrogens with zero attached hydrogens (tertiary/aromatic N) is 2. The van der Waals surface area contributed by atoms with Gasteiger partial charge in [0.25, 0.3) is 0 Å². The molecule has 0 bridgehead atoms. The SMILES string of the molecule is Cc1ncsc1-c1ccc(CNC(=O)[C@@H]2C[C@@H](O)CN2C(O)[C@@H](NC(=O)[C@H](C)NC(=O)OC(C)(C)C)C(C)(C)C)cc1. The lowest BCUT2D eigenvalue weighted by Crippen LogP contribution is -2.62. The molecule has 1 unspecified atom stereocenters. The maximum Gasteiger partial charge on any atom is 0.408 e. The summed E-state index contributed by atoms with van der Waals surface area (Å²) in [4.78, 5) is 45.4. The van der Waals surface area contributed by atoms with Crippen molar-refractivity contribution < 1.29 is 29.3 Å². The lowest BCUT2D eigenvalue weighted by Gasteiger charge is -2.41. The van der Waals surface area contributed by atoms with Crippen molar-refractivity contribution in [3.05, 3.63) is 41.0 Å². The number of aryl methyl sites for hydroxylation is 1. The highest BCUT2D eigenvalue weighted by molar-refractivity contribution is 7.13. The average molecular weight is 604 g/mol. The van der Waals surface area contributed by atoms with E-state index in [0.29, 0.717) is 0 Å². The number of amides is 3. The van der Waals surface area contributed by atoms with E-state index in [4.69, 9.17) is 4.74 Å². The number of rotatable bonds is 9. The molecule has 1 aliphatic rings. The van der Waals surface area contributed by atoms with Crippen LogP contribution >= 0.6 is 11.3 Å². The van der Waals surface area contributed by atoms with E-state index >= 15 is 0 Å². The van der Waals surface area contributed by atoms with Crippen LogP contribution in [-0.2, 0) is 20.9 Å². The monoisotopic (exact) mass is 603 g/mol. The second kappa shape index (κ2) is 13.5. The summed E-state index contributed by atoms with van der Waals surface area (Å²) in [6, 6.07) is 5.32. The molecular formula is C30H45N5O6S. The second-order valence-corrected chi connectivity index (χ2v) is 13.8. The smallest absolute Gasteiger partial charge is 0.408 e. The van der Waals surface area contributed by atoms with Gasteiger partial charge in [-0.25, -0.2) is 9.78 Å². The molecular weight excluding hydrogens is 558 g/mol. The summed E-state index contributed by atoms with van der Waals surface area (Å²) in [5, 5.41) is 30.2. The Morgan fingerprint density at radius 2 is 1.76 bits per heavy atom. The maximum atomic E-state index is 13.3. The number of hydrogen-bond acceptors (Lipinski definition) is 9. The Morgan fingerprint density at radius 3 is 2.31 bits per heavy atom. The molecule has 3 amide bonds. The fourth-order valence-corrected chi connectivity index (χ4v) is 5.62. The van der Waals surface area contributed by atoms with E-state index in [2.05, 4.69) is 20.9 Å². The van der Waals surface area contributed by atoms with Gasteiger partial charge < -0.3 is 30.9 Å². The Labute approximate surface area is 252 Å². The highest BCUT2D eigenvalue weighted by Crippen LogP contribution is 2.30. The van der Waals surface area contributed by atoms with E-state index in [0.717, 1.165) is 21.7 Å². The van der Waals surface area contributed by atoms with Crippen molar-refractivity contribution in [3.8, 4) is 10.4 Å². The van der Waals surface area contributed by atoms with Crippen molar-refractivity contribution in [2.45, 2.75) is 104 Å². The first-order valence-corrected chi connectivity index (χ1v) is 15.0. The van der Waals surface area contributed by atoms with Gasteiger partial charge in [-0.1, -0.05) is 45.0 Å². The summed E-state index contributed by atoms with van der Waals surface area (Å²) in [5.41, 5.74) is 3.40. The number of aliphatic hydroxyl groups excluding tert-OH is 2. The molecule has 232 valence electrons. The van der Waals surface area contributed by atoms with Crippen LogP contribution in [0.2, 0.25) is 0 Å². The number of alkyl carbamates (subject to hydrolysis) is 1. The van der Waals surface area contributed by atoms with Crippen LogP contribution in [0.3, 0.4) is 0 Å². The lowest BCUT2D eigenvalue weighted by atomic mass is 9.84. The molecule has 0 saturated carbocycles. The molecule has 1 aliphatic heterocycles. The average Bonchev–Trinajstić information content (AvgIpc) is 3.49. The highest BCUT2D eigenvalue weighted by atomic mass is 32.1. The second-order valence-electron chi connectivity index (χ2n) is 12.9. The maximum absolute atomic E-state index is 13.3. The lowest BCUT2D eigenvalue weighted by molar-refractivity contribution is -0.135. The molecule has 5 atom stereocenters. The van der Waals surface area contributed by atoms with Crippen LogP contribution in [-0.4, -0.2) is 80.6 Å². The predicted octanol–water partition coefficient (Wildman–Crippen LogP) is 2.93. The topological polar surface area (TPSA) is 153 Å². The molecule has 1 fully saturated rings. The Kier molecular flexibility index (Phi) is 10.7. The van der Waals surface area contributed by atoms with Crippen LogP contribution in [0.1, 0.15) is 66.1 Å². The van der Waals surface area contributed by atoms with Gasteiger partial charge in [0.15, 0.2) is 0 Å². The van der Waals surface area contributed by atoms with Crippen LogP contribution in [0, 0.1) is 12.3 Å². The number of β-amino-alcohol motifs (C(OH)–C–C–N with tert-alkyl or cyclic N) is 1. The number of aromatic nitrogens is 1. The molecule has 1 aromatic carbocycles. The molecule has 0 radical (unpaired) electrons. The first-order chi connectivity index (χ1) is 19.5.